The number of hydrogen-bond donors (Lipinski definition) is 0. The second-order valence-electron chi connectivity index (χ2n) is 5.72. The lowest BCUT2D eigenvalue weighted by Gasteiger charge is -2.40. The maximum Gasteiger partial charge on any atom is 0.252 e. The number of thiophene rings is 1. The number of hydrogen-bond acceptors (Lipinski definition) is 3. The van der Waals surface area contributed by atoms with Gasteiger partial charge in [0.05, 0.1) is 12.6 Å². The van der Waals surface area contributed by atoms with Gasteiger partial charge in [0.15, 0.2) is 0 Å². The third-order valence-electron chi connectivity index (χ3n) is 3.56. The minimum Gasteiger partial charge on any atom is -0.367 e. The van der Waals surface area contributed by atoms with Gasteiger partial charge in [0, 0.05) is 6.54 Å². The molecule has 1 aromatic rings. The Morgan fingerprint density at radius 3 is 2.75 bits per heavy atom. The van der Waals surface area contributed by atoms with E-state index in [2.05, 4.69) is 0 Å². The molecular formula is C14H19F2NO2S. The molecular weight excluding hydrogens is 284 g/mol. The number of rotatable bonds is 3. The van der Waals surface area contributed by atoms with E-state index >= 15 is 0 Å². The Kier molecular flexibility index (Phi) is 4.44. The Balaban J connectivity index is 2.14. The normalized spacial score (nSPS) is 24.2. The van der Waals surface area contributed by atoms with E-state index in [0.717, 1.165) is 5.56 Å². The Labute approximate surface area is 121 Å². The average Bonchev–Trinajstić information content (AvgIpc) is 2.90. The van der Waals surface area contributed by atoms with Crippen molar-refractivity contribution in [2.45, 2.75) is 39.4 Å². The van der Waals surface area contributed by atoms with Gasteiger partial charge in [-0.2, -0.15) is 11.3 Å². The molecule has 0 saturated carbocycles. The summed E-state index contributed by atoms with van der Waals surface area (Å²) >= 11 is 1.55. The minimum absolute atomic E-state index is 0.161. The third kappa shape index (κ3) is 3.01. The van der Waals surface area contributed by atoms with E-state index in [-0.39, 0.29) is 12.2 Å². The number of ether oxygens (including phenoxy) is 1. The second-order valence-corrected chi connectivity index (χ2v) is 6.50. The summed E-state index contributed by atoms with van der Waals surface area (Å²) in [6.07, 6.45) is -3.07. The van der Waals surface area contributed by atoms with Gasteiger partial charge in [-0.15, -0.1) is 0 Å². The maximum atomic E-state index is 13.0. The number of alkyl halides is 2. The molecule has 0 spiro atoms. The summed E-state index contributed by atoms with van der Waals surface area (Å²) in [6, 6.07) is 1.94. The number of carbonyl (C=O) groups excluding carboxylic acids is 1. The molecule has 6 heteroatoms. The Morgan fingerprint density at radius 2 is 2.20 bits per heavy atom. The first-order valence-corrected chi connectivity index (χ1v) is 7.51. The van der Waals surface area contributed by atoms with E-state index < -0.39 is 17.7 Å². The zero-order valence-corrected chi connectivity index (χ0v) is 12.6. The molecule has 1 aliphatic heterocycles. The van der Waals surface area contributed by atoms with E-state index in [0.29, 0.717) is 13.1 Å². The van der Waals surface area contributed by atoms with Crippen molar-refractivity contribution in [3.8, 4) is 0 Å². The second kappa shape index (κ2) is 5.77. The molecule has 1 amide bonds. The molecule has 0 aromatic carbocycles. The predicted octanol–water partition coefficient (Wildman–Crippen LogP) is 3.33. The summed E-state index contributed by atoms with van der Waals surface area (Å²) < 4.78 is 31.8. The fraction of sp³-hybridized carbons (Fsp3) is 0.643. The molecule has 0 aliphatic carbocycles. The molecule has 112 valence electrons. The smallest absolute Gasteiger partial charge is 0.252 e. The van der Waals surface area contributed by atoms with Gasteiger partial charge < -0.3 is 9.64 Å². The molecule has 2 heterocycles. The zero-order chi connectivity index (χ0) is 14.9. The summed E-state index contributed by atoms with van der Waals surface area (Å²) in [5, 5.41) is 3.90. The Morgan fingerprint density at radius 1 is 1.50 bits per heavy atom. The van der Waals surface area contributed by atoms with Crippen molar-refractivity contribution >= 4 is 17.2 Å². The van der Waals surface area contributed by atoms with Crippen LogP contribution >= 0.6 is 11.3 Å². The fourth-order valence-electron chi connectivity index (χ4n) is 2.26. The molecule has 0 radical (unpaired) electrons. The highest BCUT2D eigenvalue weighted by Crippen LogP contribution is 2.32. The number of carbonyl (C=O) groups is 1. The van der Waals surface area contributed by atoms with Crippen LogP contribution in [0.2, 0.25) is 0 Å². The number of halogens is 2. The number of morpholine rings is 1. The van der Waals surface area contributed by atoms with Crippen LogP contribution in [0.5, 0.6) is 0 Å². The molecule has 0 bridgehead atoms. The first-order valence-electron chi connectivity index (χ1n) is 6.57. The van der Waals surface area contributed by atoms with Crippen LogP contribution in [-0.2, 0) is 9.53 Å². The molecule has 1 fully saturated rings. The Bertz CT molecular complexity index is 462. The monoisotopic (exact) mass is 303 g/mol. The molecule has 1 aromatic heterocycles. The van der Waals surface area contributed by atoms with Gasteiger partial charge in [0.2, 0.25) is 5.91 Å². The summed E-state index contributed by atoms with van der Waals surface area (Å²) in [5.41, 5.74) is -0.662. The molecule has 0 N–H and O–H groups in total. The lowest BCUT2D eigenvalue weighted by atomic mass is 9.91. The van der Waals surface area contributed by atoms with E-state index in [1.54, 1.807) is 11.3 Å². The van der Waals surface area contributed by atoms with Gasteiger partial charge >= 0.3 is 0 Å². The molecule has 20 heavy (non-hydrogen) atoms. The van der Waals surface area contributed by atoms with Gasteiger partial charge in [-0.1, -0.05) is 0 Å². The van der Waals surface area contributed by atoms with Crippen molar-refractivity contribution in [1.82, 2.24) is 4.90 Å². The molecule has 2 unspecified atom stereocenters. The van der Waals surface area contributed by atoms with Crippen molar-refractivity contribution in [2.24, 2.45) is 5.41 Å². The molecule has 3 nitrogen and oxygen atoms in total. The SMILES string of the molecule is CC1CN(C(=O)C(C)(C)C(F)F)CC(c2ccsc2)O1. The maximum absolute atomic E-state index is 13.0. The average molecular weight is 303 g/mol. The number of amides is 1. The van der Waals surface area contributed by atoms with Crippen LogP contribution in [0, 0.1) is 5.41 Å². The van der Waals surface area contributed by atoms with Crippen molar-refractivity contribution in [3.05, 3.63) is 22.4 Å². The van der Waals surface area contributed by atoms with Crippen LogP contribution in [-0.4, -0.2) is 36.4 Å². The van der Waals surface area contributed by atoms with Gasteiger partial charge in [-0.3, -0.25) is 4.79 Å². The van der Waals surface area contributed by atoms with Crippen LogP contribution in [0.3, 0.4) is 0 Å². The van der Waals surface area contributed by atoms with Crippen molar-refractivity contribution in [1.29, 1.82) is 0 Å². The van der Waals surface area contributed by atoms with Crippen LogP contribution in [0.1, 0.15) is 32.4 Å². The van der Waals surface area contributed by atoms with Crippen LogP contribution in [0.25, 0.3) is 0 Å². The fourth-order valence-corrected chi connectivity index (χ4v) is 2.96. The molecule has 2 atom stereocenters. The van der Waals surface area contributed by atoms with Crippen molar-refractivity contribution < 1.29 is 18.3 Å². The highest BCUT2D eigenvalue weighted by Gasteiger charge is 2.42. The zero-order valence-electron chi connectivity index (χ0n) is 11.8. The van der Waals surface area contributed by atoms with E-state index in [9.17, 15) is 13.6 Å². The lowest BCUT2D eigenvalue weighted by Crippen LogP contribution is -2.52. The van der Waals surface area contributed by atoms with Crippen LogP contribution < -0.4 is 0 Å². The quantitative estimate of drug-likeness (QED) is 0.857. The highest BCUT2D eigenvalue weighted by molar-refractivity contribution is 7.07. The van der Waals surface area contributed by atoms with E-state index in [4.69, 9.17) is 4.74 Å². The lowest BCUT2D eigenvalue weighted by molar-refractivity contribution is -0.161. The van der Waals surface area contributed by atoms with Crippen molar-refractivity contribution in [2.75, 3.05) is 13.1 Å². The van der Waals surface area contributed by atoms with Gasteiger partial charge in [-0.05, 0) is 43.2 Å². The van der Waals surface area contributed by atoms with Gasteiger partial charge in [0.1, 0.15) is 11.5 Å². The van der Waals surface area contributed by atoms with Crippen LogP contribution in [0.4, 0.5) is 8.78 Å². The summed E-state index contributed by atoms with van der Waals surface area (Å²) in [7, 11) is 0. The summed E-state index contributed by atoms with van der Waals surface area (Å²) in [5.74, 6) is -0.511. The third-order valence-corrected chi connectivity index (χ3v) is 4.26. The largest absolute Gasteiger partial charge is 0.367 e. The van der Waals surface area contributed by atoms with E-state index in [1.807, 2.05) is 23.8 Å². The summed E-state index contributed by atoms with van der Waals surface area (Å²) in [4.78, 5) is 13.8. The first kappa shape index (κ1) is 15.4. The standard InChI is InChI=1S/C14H19F2NO2S/c1-9-6-17(13(18)14(2,3)12(15)16)7-11(19-9)10-4-5-20-8-10/h4-5,8-9,11-12H,6-7H2,1-3H3. The molecule has 2 rings (SSSR count). The van der Waals surface area contributed by atoms with Crippen molar-refractivity contribution in [3.63, 3.8) is 0 Å². The van der Waals surface area contributed by atoms with Gasteiger partial charge in [0.25, 0.3) is 6.43 Å². The molecule has 1 aliphatic rings. The summed E-state index contributed by atoms with van der Waals surface area (Å²) in [6.45, 7) is 5.12. The topological polar surface area (TPSA) is 29.5 Å². The minimum atomic E-state index is -2.67. The first-order chi connectivity index (χ1) is 9.32. The highest BCUT2D eigenvalue weighted by atomic mass is 32.1. The van der Waals surface area contributed by atoms with E-state index in [1.165, 1.54) is 18.7 Å². The predicted molar refractivity (Wildman–Crippen MR) is 74.0 cm³/mol. The van der Waals surface area contributed by atoms with Crippen LogP contribution in [0.15, 0.2) is 16.8 Å². The Hall–Kier alpha value is -1.01. The van der Waals surface area contributed by atoms with Gasteiger partial charge in [-0.25, -0.2) is 8.78 Å². The molecule has 1 saturated heterocycles. The number of nitrogens with zero attached hydrogens (tertiary/aromatic N) is 1.